The largest absolute Gasteiger partial charge is 0.456 e. The van der Waals surface area contributed by atoms with Crippen LogP contribution in [0.1, 0.15) is 40.3 Å². The number of halogens is 6. The van der Waals surface area contributed by atoms with Crippen LogP contribution < -0.4 is 4.90 Å². The fourth-order valence-corrected chi connectivity index (χ4v) is 5.53. The highest BCUT2D eigenvalue weighted by atomic mass is 35.5. The Labute approximate surface area is 221 Å². The molecule has 1 amide bonds. The lowest BCUT2D eigenvalue weighted by molar-refractivity contribution is -0.146. The number of ether oxygens (including phenoxy) is 1. The number of alkyl halides is 4. The Morgan fingerprint density at radius 1 is 1.13 bits per heavy atom. The maximum absolute atomic E-state index is 13.9. The molecule has 8 nitrogen and oxygen atoms in total. The average molecular weight is 576 g/mol. The molecule has 2 aromatic heterocycles. The molecule has 2 saturated heterocycles. The standard InChI is InChI=1S/C23H19ClF5N5O3S/c24-13-2-1-3-14(25)12(13)6-37-21(36)16-7-38-22(30-16)33-10-23(11-33)8-32(9-23)18(35)5-34-17(20(28)29)4-15(31-34)19(26)27/h1-4,7,19-20H,5-6,8-11H2. The molecule has 1 aromatic carbocycles. The zero-order valence-corrected chi connectivity index (χ0v) is 21.0. The minimum absolute atomic E-state index is 0.0687. The van der Waals surface area contributed by atoms with Crippen LogP contribution in [0.5, 0.6) is 0 Å². The SMILES string of the molecule is O=C(OCc1c(F)cccc1Cl)c1csc(N2CC3(CN(C(=O)Cn4nc(C(F)F)cc4C(F)F)C3)C2)n1. The summed E-state index contributed by atoms with van der Waals surface area (Å²) in [5.41, 5.74) is -1.59. The molecule has 2 fully saturated rings. The third-order valence-corrected chi connectivity index (χ3v) is 7.66. The maximum atomic E-state index is 13.9. The molecule has 1 spiro atoms. The number of amides is 1. The minimum atomic E-state index is -3.04. The molecule has 0 aliphatic carbocycles. The highest BCUT2D eigenvalue weighted by molar-refractivity contribution is 7.14. The first-order valence-corrected chi connectivity index (χ1v) is 12.5. The lowest BCUT2D eigenvalue weighted by Crippen LogP contribution is -2.73. The molecule has 0 radical (unpaired) electrons. The molecule has 15 heteroatoms. The van der Waals surface area contributed by atoms with E-state index in [4.69, 9.17) is 16.3 Å². The van der Waals surface area contributed by atoms with Crippen LogP contribution in [-0.4, -0.2) is 57.7 Å². The van der Waals surface area contributed by atoms with Crippen molar-refractivity contribution in [3.05, 3.63) is 63.1 Å². The van der Waals surface area contributed by atoms with Gasteiger partial charge < -0.3 is 14.5 Å². The van der Waals surface area contributed by atoms with Crippen molar-refractivity contribution < 1.29 is 36.3 Å². The smallest absolute Gasteiger partial charge is 0.358 e. The Morgan fingerprint density at radius 3 is 2.53 bits per heavy atom. The van der Waals surface area contributed by atoms with Crippen molar-refractivity contribution in [3.8, 4) is 0 Å². The molecular weight excluding hydrogens is 557 g/mol. The monoisotopic (exact) mass is 575 g/mol. The van der Waals surface area contributed by atoms with Crippen LogP contribution in [0.25, 0.3) is 0 Å². The number of nitrogens with zero attached hydrogens (tertiary/aromatic N) is 5. The molecule has 3 aromatic rings. The van der Waals surface area contributed by atoms with Gasteiger partial charge in [-0.15, -0.1) is 11.3 Å². The molecule has 0 atom stereocenters. The van der Waals surface area contributed by atoms with E-state index >= 15 is 0 Å². The first kappa shape index (κ1) is 26.4. The zero-order chi connectivity index (χ0) is 27.2. The van der Waals surface area contributed by atoms with E-state index in [2.05, 4.69) is 10.1 Å². The molecule has 0 saturated carbocycles. The number of hydrogen-bond acceptors (Lipinski definition) is 7. The van der Waals surface area contributed by atoms with Gasteiger partial charge in [-0.2, -0.15) is 5.10 Å². The van der Waals surface area contributed by atoms with Crippen LogP contribution >= 0.6 is 22.9 Å². The summed E-state index contributed by atoms with van der Waals surface area (Å²) in [6.07, 6.45) is -6.06. The van der Waals surface area contributed by atoms with Crippen LogP contribution in [0.3, 0.4) is 0 Å². The van der Waals surface area contributed by atoms with Gasteiger partial charge in [0.1, 0.15) is 30.4 Å². The highest BCUT2D eigenvalue weighted by Crippen LogP contribution is 2.43. The van der Waals surface area contributed by atoms with Crippen molar-refractivity contribution in [2.24, 2.45) is 5.41 Å². The predicted molar refractivity (Wildman–Crippen MR) is 126 cm³/mol. The topological polar surface area (TPSA) is 80.6 Å². The number of rotatable bonds is 8. The van der Waals surface area contributed by atoms with Crippen molar-refractivity contribution in [2.75, 3.05) is 31.1 Å². The van der Waals surface area contributed by atoms with Crippen molar-refractivity contribution in [1.29, 1.82) is 0 Å². The maximum Gasteiger partial charge on any atom is 0.358 e. The molecule has 4 heterocycles. The Balaban J connectivity index is 1.11. The van der Waals surface area contributed by atoms with E-state index in [-0.39, 0.29) is 28.3 Å². The molecule has 0 unspecified atom stereocenters. The van der Waals surface area contributed by atoms with E-state index in [1.54, 1.807) is 0 Å². The highest BCUT2D eigenvalue weighted by Gasteiger charge is 2.53. The lowest BCUT2D eigenvalue weighted by Gasteiger charge is -2.60. The quantitative estimate of drug-likeness (QED) is 0.286. The number of likely N-dealkylation sites (tertiary alicyclic amines) is 1. The number of anilines is 1. The second kappa shape index (κ2) is 10.1. The van der Waals surface area contributed by atoms with Crippen LogP contribution in [0.15, 0.2) is 29.6 Å². The van der Waals surface area contributed by atoms with Gasteiger partial charge in [-0.3, -0.25) is 9.48 Å². The Hall–Kier alpha value is -3.26. The Kier molecular flexibility index (Phi) is 7.03. The summed E-state index contributed by atoms with van der Waals surface area (Å²) < 4.78 is 71.6. The van der Waals surface area contributed by atoms with Gasteiger partial charge in [-0.25, -0.2) is 31.7 Å². The molecule has 0 bridgehead atoms. The summed E-state index contributed by atoms with van der Waals surface area (Å²) in [6, 6.07) is 4.76. The number of thiazole rings is 1. The Morgan fingerprint density at radius 2 is 1.87 bits per heavy atom. The summed E-state index contributed by atoms with van der Waals surface area (Å²) in [4.78, 5) is 32.6. The van der Waals surface area contributed by atoms with Gasteiger partial charge >= 0.3 is 5.97 Å². The fraction of sp³-hybridized carbons (Fsp3) is 0.391. The van der Waals surface area contributed by atoms with Gasteiger partial charge in [0.05, 0.1) is 5.02 Å². The lowest BCUT2D eigenvalue weighted by atomic mass is 9.73. The molecular formula is C23H19ClF5N5O3S. The van der Waals surface area contributed by atoms with Crippen molar-refractivity contribution in [3.63, 3.8) is 0 Å². The molecule has 2 aliphatic heterocycles. The first-order valence-electron chi connectivity index (χ1n) is 11.3. The number of aromatic nitrogens is 3. The Bertz CT molecular complexity index is 1350. The van der Waals surface area contributed by atoms with Gasteiger partial charge in [0.25, 0.3) is 12.9 Å². The van der Waals surface area contributed by atoms with Crippen molar-refractivity contribution in [2.45, 2.75) is 26.0 Å². The van der Waals surface area contributed by atoms with E-state index in [1.807, 2.05) is 4.90 Å². The number of benzene rings is 1. The van der Waals surface area contributed by atoms with E-state index in [9.17, 15) is 31.5 Å². The average Bonchev–Trinajstić information content (AvgIpc) is 3.45. The van der Waals surface area contributed by atoms with Crippen molar-refractivity contribution >= 4 is 39.9 Å². The molecule has 2 aliphatic rings. The predicted octanol–water partition coefficient (Wildman–Crippen LogP) is 4.71. The van der Waals surface area contributed by atoms with Gasteiger partial charge in [-0.1, -0.05) is 17.7 Å². The van der Waals surface area contributed by atoms with E-state index in [1.165, 1.54) is 39.8 Å². The second-order valence-corrected chi connectivity index (χ2v) is 10.4. The summed E-state index contributed by atoms with van der Waals surface area (Å²) >= 11 is 7.17. The normalized spacial score (nSPS) is 16.2. The van der Waals surface area contributed by atoms with E-state index in [0.717, 1.165) is 0 Å². The van der Waals surface area contributed by atoms with E-state index in [0.29, 0.717) is 42.1 Å². The second-order valence-electron chi connectivity index (χ2n) is 9.15. The van der Waals surface area contributed by atoms with Gasteiger partial charge in [-0.05, 0) is 18.2 Å². The van der Waals surface area contributed by atoms with Crippen LogP contribution in [0.2, 0.25) is 5.02 Å². The van der Waals surface area contributed by atoms with Gasteiger partial charge in [0.15, 0.2) is 10.8 Å². The fourth-order valence-electron chi connectivity index (χ4n) is 4.51. The number of carbonyl (C=O) groups is 2. The molecule has 38 heavy (non-hydrogen) atoms. The van der Waals surface area contributed by atoms with Crippen LogP contribution in [-0.2, 0) is 22.7 Å². The zero-order valence-electron chi connectivity index (χ0n) is 19.4. The summed E-state index contributed by atoms with van der Waals surface area (Å²) in [5, 5.41) is 5.70. The van der Waals surface area contributed by atoms with Crippen LogP contribution in [0.4, 0.5) is 27.1 Å². The number of esters is 1. The van der Waals surface area contributed by atoms with E-state index < -0.39 is 48.5 Å². The summed E-state index contributed by atoms with van der Waals surface area (Å²) in [6.45, 7) is 0.974. The van der Waals surface area contributed by atoms with Crippen molar-refractivity contribution in [1.82, 2.24) is 19.7 Å². The third kappa shape index (κ3) is 5.06. The summed E-state index contributed by atoms with van der Waals surface area (Å²) in [5.74, 6) is -1.80. The first-order chi connectivity index (χ1) is 18.0. The molecule has 0 N–H and O–H groups in total. The van der Waals surface area contributed by atoms with Gasteiger partial charge in [0, 0.05) is 42.5 Å². The molecule has 202 valence electrons. The number of hydrogen-bond donors (Lipinski definition) is 0. The van der Waals surface area contributed by atoms with Gasteiger partial charge in [0.2, 0.25) is 5.91 Å². The van der Waals surface area contributed by atoms with Crippen LogP contribution in [0, 0.1) is 11.2 Å². The third-order valence-electron chi connectivity index (χ3n) is 6.40. The number of carbonyl (C=O) groups excluding carboxylic acids is 2. The summed E-state index contributed by atoms with van der Waals surface area (Å²) in [7, 11) is 0. The molecule has 5 rings (SSSR count). The minimum Gasteiger partial charge on any atom is -0.456 e.